The number of hydrogen-bond donors (Lipinski definition) is 6. The molecule has 2 heterocycles. The molecule has 3 rings (SSSR count). The molecule has 4 atom stereocenters. The zero-order chi connectivity index (χ0) is 34.9. The Labute approximate surface area is 283 Å². The van der Waals surface area contributed by atoms with E-state index in [2.05, 4.69) is 30.8 Å². The Balaban J connectivity index is 1.58. The number of amides is 3. The summed E-state index contributed by atoms with van der Waals surface area (Å²) in [4.78, 5) is 76.7. The molecule has 1 saturated heterocycles. The van der Waals surface area contributed by atoms with E-state index in [1.165, 1.54) is 18.6 Å². The Morgan fingerprint density at radius 2 is 1.73 bits per heavy atom. The number of nitrogens with one attached hydrogen (secondary N) is 3. The van der Waals surface area contributed by atoms with Crippen LogP contribution in [0, 0.1) is 5.92 Å². The predicted molar refractivity (Wildman–Crippen MR) is 182 cm³/mol. The van der Waals surface area contributed by atoms with Crippen molar-refractivity contribution < 1.29 is 42.9 Å². The number of nitrogens with zero attached hydrogens (tertiary/aromatic N) is 3. The van der Waals surface area contributed by atoms with Crippen LogP contribution in [0.25, 0.3) is 0 Å². The minimum atomic E-state index is -4.63. The first-order chi connectivity index (χ1) is 23.0. The molecule has 1 aliphatic rings. The molecule has 264 valence electrons. The smallest absolute Gasteiger partial charge is 0.410 e. The fraction of sp³-hybridized carbons (Fsp3) is 0.567. The van der Waals surface area contributed by atoms with Gasteiger partial charge in [0.05, 0.1) is 12.1 Å². The summed E-state index contributed by atoms with van der Waals surface area (Å²) in [5.41, 5.74) is -0.596. The average Bonchev–Trinajstić information content (AvgIpc) is 3.05. The molecule has 15 nitrogen and oxygen atoms in total. The van der Waals surface area contributed by atoms with Crippen molar-refractivity contribution in [3.63, 3.8) is 0 Å². The molecule has 2 aromatic rings. The third-order valence-electron chi connectivity index (χ3n) is 7.52. The van der Waals surface area contributed by atoms with Crippen molar-refractivity contribution in [3.8, 4) is 0 Å². The summed E-state index contributed by atoms with van der Waals surface area (Å²) in [6, 6.07) is 8.53. The summed E-state index contributed by atoms with van der Waals surface area (Å²) < 4.78 is 23.7. The highest BCUT2D eigenvalue weighted by atomic mass is 31.2. The van der Waals surface area contributed by atoms with Gasteiger partial charge in [0.15, 0.2) is 5.52 Å². The lowest BCUT2D eigenvalue weighted by molar-refractivity contribution is -0.123. The highest BCUT2D eigenvalue weighted by Gasteiger charge is 2.35. The van der Waals surface area contributed by atoms with Crippen LogP contribution in [0.1, 0.15) is 62.0 Å². The molecule has 0 bridgehead atoms. The van der Waals surface area contributed by atoms with Crippen molar-refractivity contribution in [2.24, 2.45) is 5.92 Å². The summed E-state index contributed by atoms with van der Waals surface area (Å²) in [5, 5.41) is 8.13. The molecule has 0 saturated carbocycles. The summed E-state index contributed by atoms with van der Waals surface area (Å²) in [6.07, 6.45) is 6.96. The maximum Gasteiger partial charge on any atom is 0.480 e. The molecule has 1 aromatic carbocycles. The molecule has 0 radical (unpaired) electrons. The first-order valence-electron chi connectivity index (χ1n) is 16.1. The third-order valence-corrected chi connectivity index (χ3v) is 10.1. The highest BCUT2D eigenvalue weighted by Crippen LogP contribution is 2.46. The molecule has 1 aromatic heterocycles. The van der Waals surface area contributed by atoms with Gasteiger partial charge >= 0.3 is 14.7 Å². The molecule has 3 amide bonds. The van der Waals surface area contributed by atoms with Crippen LogP contribution in [-0.4, -0.2) is 105 Å². The van der Waals surface area contributed by atoms with Crippen LogP contribution in [-0.2, 0) is 29.9 Å². The quantitative estimate of drug-likeness (QED) is 0.108. The summed E-state index contributed by atoms with van der Waals surface area (Å²) in [6.45, 7) is 6.82. The van der Waals surface area contributed by atoms with Gasteiger partial charge < -0.3 is 44.8 Å². The lowest BCUT2D eigenvalue weighted by Crippen LogP contribution is -2.56. The van der Waals surface area contributed by atoms with Crippen molar-refractivity contribution in [1.82, 2.24) is 30.8 Å². The minimum Gasteiger partial charge on any atom is -0.410 e. The van der Waals surface area contributed by atoms with Crippen LogP contribution in [0.2, 0.25) is 0 Å². The van der Waals surface area contributed by atoms with E-state index in [-0.39, 0.29) is 30.4 Å². The number of aromatic nitrogens is 2. The van der Waals surface area contributed by atoms with Crippen molar-refractivity contribution in [2.75, 3.05) is 32.8 Å². The van der Waals surface area contributed by atoms with Gasteiger partial charge in [-0.1, -0.05) is 44.2 Å². The molecule has 2 unspecified atom stereocenters. The van der Waals surface area contributed by atoms with Gasteiger partial charge in [-0.2, -0.15) is 0 Å². The molecule has 48 heavy (non-hydrogen) atoms. The Kier molecular flexibility index (Phi) is 17.0. The zero-order valence-corrected chi connectivity index (χ0v) is 29.3. The normalized spacial score (nSPS) is 17.1. The Hall–Kier alpha value is -2.81. The largest absolute Gasteiger partial charge is 0.480 e. The van der Waals surface area contributed by atoms with E-state index < -0.39 is 52.8 Å². The fourth-order valence-corrected chi connectivity index (χ4v) is 6.35. The monoisotopic (exact) mass is 708 g/mol. The van der Waals surface area contributed by atoms with E-state index in [0.29, 0.717) is 58.5 Å². The molecule has 18 heteroatoms. The van der Waals surface area contributed by atoms with Gasteiger partial charge in [0.1, 0.15) is 11.7 Å². The van der Waals surface area contributed by atoms with E-state index in [1.807, 2.05) is 44.2 Å². The van der Waals surface area contributed by atoms with Crippen molar-refractivity contribution in [2.45, 2.75) is 69.9 Å². The van der Waals surface area contributed by atoms with Crippen LogP contribution in [0.3, 0.4) is 0 Å². The highest BCUT2D eigenvalue weighted by molar-refractivity contribution is 7.63. The van der Waals surface area contributed by atoms with Gasteiger partial charge in [-0.05, 0) is 43.7 Å². The third kappa shape index (κ3) is 14.4. The first-order valence-corrected chi connectivity index (χ1v) is 18.8. The zero-order valence-electron chi connectivity index (χ0n) is 27.4. The number of rotatable bonds is 16. The topological polar surface area (TPSA) is 213 Å². The Morgan fingerprint density at radius 1 is 1.04 bits per heavy atom. The van der Waals surface area contributed by atoms with Crippen LogP contribution in [0.5, 0.6) is 0 Å². The van der Waals surface area contributed by atoms with Crippen LogP contribution < -0.4 is 16.0 Å². The molecule has 0 spiro atoms. The van der Waals surface area contributed by atoms with E-state index in [1.54, 1.807) is 0 Å². The number of carbonyl (C=O) groups excluding carboxylic acids is 3. The van der Waals surface area contributed by atoms with Gasteiger partial charge in [0.2, 0.25) is 11.8 Å². The van der Waals surface area contributed by atoms with Gasteiger partial charge in [0, 0.05) is 60.3 Å². The lowest BCUT2D eigenvalue weighted by atomic mass is 9.73. The molecule has 1 aliphatic heterocycles. The van der Waals surface area contributed by atoms with Gasteiger partial charge in [0.25, 0.3) is 5.91 Å². The second-order valence-corrected chi connectivity index (χ2v) is 15.0. The average molecular weight is 708 g/mol. The number of hydrogen-bond acceptors (Lipinski definition) is 10. The van der Waals surface area contributed by atoms with Crippen molar-refractivity contribution in [1.29, 1.82) is 0 Å². The Bertz CT molecular complexity index is 1320. The predicted octanol–water partition coefficient (Wildman–Crippen LogP) is 1.45. The van der Waals surface area contributed by atoms with Gasteiger partial charge in [-0.25, -0.2) is 4.98 Å². The van der Waals surface area contributed by atoms with Crippen LogP contribution >= 0.6 is 16.4 Å². The second kappa shape index (κ2) is 20.6. The van der Waals surface area contributed by atoms with E-state index in [9.17, 15) is 33.6 Å². The minimum absolute atomic E-state index is 0.0631. The maximum atomic E-state index is 13.8. The Morgan fingerprint density at radius 3 is 2.31 bits per heavy atom. The molecule has 1 fully saturated rings. The second-order valence-electron chi connectivity index (χ2n) is 12.0. The summed E-state index contributed by atoms with van der Waals surface area (Å²) in [7, 11) is -6.43. The number of benzene rings is 1. The SMILES string of the molecule is CC(C)C[C@@H](NC(=O)[C@@H](Cc1ccccc1)NC(=O)c1cnccn1)B1OCCCN(CCCC(=O)NC(PO)P(=O)(O)O)CCCO1. The molecule has 6 N–H and O–H groups in total. The standard InChI is InChI=1S/C30H47BN6O9P2/c1-22(2)19-26(35-28(39)24(20-23-9-4-3-5-10-23)34-29(40)25-21-32-12-13-33-25)31-45-17-7-15-37(16-8-18-46-31)14-6-11-27(38)36-30(47-41)48(42,43)44/h3-5,9-10,12-13,21-22,24,26,30,41,47H,6-8,11,14-20H2,1-2H3,(H,34,40)(H,35,39)(H,36,38)(H2,42,43,44)/t24-,26-,30?/m1/s1. The van der Waals surface area contributed by atoms with Crippen LogP contribution in [0.15, 0.2) is 48.9 Å². The van der Waals surface area contributed by atoms with E-state index >= 15 is 0 Å². The maximum absolute atomic E-state index is 13.8. The summed E-state index contributed by atoms with van der Waals surface area (Å²) in [5.74, 6) is -1.67. The van der Waals surface area contributed by atoms with Crippen molar-refractivity contribution in [3.05, 3.63) is 60.2 Å². The van der Waals surface area contributed by atoms with Gasteiger partial charge in [-0.3, -0.25) is 23.9 Å². The van der Waals surface area contributed by atoms with Gasteiger partial charge in [-0.15, -0.1) is 0 Å². The first kappa shape index (κ1) is 39.6. The summed E-state index contributed by atoms with van der Waals surface area (Å²) >= 11 is 0. The fourth-order valence-electron chi connectivity index (χ4n) is 5.21. The van der Waals surface area contributed by atoms with E-state index in [4.69, 9.17) is 9.31 Å². The molecular formula is C30H47BN6O9P2. The van der Waals surface area contributed by atoms with E-state index in [0.717, 1.165) is 5.56 Å². The number of carbonyl (C=O) groups is 3. The van der Waals surface area contributed by atoms with Crippen molar-refractivity contribution >= 4 is 41.2 Å². The lowest BCUT2D eigenvalue weighted by Gasteiger charge is -2.30. The molecular weight excluding hydrogens is 661 g/mol. The molecule has 0 aliphatic carbocycles. The van der Waals surface area contributed by atoms with Crippen LogP contribution in [0.4, 0.5) is 0 Å².